The lowest BCUT2D eigenvalue weighted by atomic mass is 10.1. The average Bonchev–Trinajstić information content (AvgIpc) is 2.34. The average molecular weight is 290 g/mol. The van der Waals surface area contributed by atoms with E-state index in [4.69, 9.17) is 15.9 Å². The molecule has 0 saturated carbocycles. The van der Waals surface area contributed by atoms with Crippen molar-refractivity contribution in [3.63, 3.8) is 0 Å². The number of rotatable bonds is 9. The van der Waals surface area contributed by atoms with Gasteiger partial charge in [0.25, 0.3) is 0 Å². The summed E-state index contributed by atoms with van der Waals surface area (Å²) in [4.78, 5) is 32.8. The molecule has 0 spiro atoms. The number of aliphatic carboxylic acids is 2. The fourth-order valence-corrected chi connectivity index (χ4v) is 1.82. The van der Waals surface area contributed by atoms with E-state index in [1.165, 1.54) is 11.8 Å². The molecule has 1 unspecified atom stereocenters. The Bertz CT molecular complexity index is 359. The van der Waals surface area contributed by atoms with E-state index in [1.807, 2.05) is 0 Å². The lowest BCUT2D eigenvalue weighted by Crippen LogP contribution is -2.43. The molecule has 0 saturated heterocycles. The molecule has 0 bridgehead atoms. The highest BCUT2D eigenvalue weighted by Gasteiger charge is 2.20. The first-order valence-electron chi connectivity index (χ1n) is 5.61. The molecule has 8 heteroatoms. The number of carboxylic acids is 2. The third kappa shape index (κ3) is 8.22. The second-order valence-electron chi connectivity index (χ2n) is 3.74. The molecule has 2 atom stereocenters. The summed E-state index contributed by atoms with van der Waals surface area (Å²) in [6, 6.07) is -2.12. The van der Waals surface area contributed by atoms with E-state index in [9.17, 15) is 14.4 Å². The van der Waals surface area contributed by atoms with Crippen molar-refractivity contribution in [1.82, 2.24) is 5.32 Å². The fraction of sp³-hybridized carbons (Fsp3) is 0.545. The van der Waals surface area contributed by atoms with Gasteiger partial charge in [-0.3, -0.25) is 9.59 Å². The summed E-state index contributed by atoms with van der Waals surface area (Å²) in [6.07, 6.45) is 1.61. The van der Waals surface area contributed by atoms with E-state index in [2.05, 4.69) is 5.32 Å². The highest BCUT2D eigenvalue weighted by atomic mass is 32.2. The molecule has 0 fully saturated rings. The van der Waals surface area contributed by atoms with Gasteiger partial charge in [0.2, 0.25) is 5.91 Å². The highest BCUT2D eigenvalue weighted by Crippen LogP contribution is 2.05. The van der Waals surface area contributed by atoms with Crippen molar-refractivity contribution >= 4 is 29.6 Å². The monoisotopic (exact) mass is 290 g/mol. The minimum Gasteiger partial charge on any atom is -0.480 e. The Hall–Kier alpha value is -1.54. The predicted octanol–water partition coefficient (Wildman–Crippen LogP) is 0.0147. The largest absolute Gasteiger partial charge is 0.480 e. The third-order valence-corrected chi connectivity index (χ3v) is 3.12. The Balaban J connectivity index is 4.17. The first-order chi connectivity index (χ1) is 8.88. The summed E-state index contributed by atoms with van der Waals surface area (Å²) in [6.45, 7) is 1.80. The van der Waals surface area contributed by atoms with E-state index < -0.39 is 29.9 Å². The van der Waals surface area contributed by atoms with Crippen molar-refractivity contribution in [3.8, 4) is 0 Å². The summed E-state index contributed by atoms with van der Waals surface area (Å²) in [7, 11) is 0. The minimum absolute atomic E-state index is 0.0322. The normalized spacial score (nSPS) is 14.0. The summed E-state index contributed by atoms with van der Waals surface area (Å²) in [5.74, 6) is -2.64. The van der Waals surface area contributed by atoms with Gasteiger partial charge in [-0.2, -0.15) is 0 Å². The number of amides is 1. The van der Waals surface area contributed by atoms with E-state index in [0.29, 0.717) is 0 Å². The van der Waals surface area contributed by atoms with Gasteiger partial charge < -0.3 is 21.3 Å². The molecule has 0 aliphatic carbocycles. The predicted molar refractivity (Wildman–Crippen MR) is 71.7 cm³/mol. The maximum atomic E-state index is 11.5. The molecule has 108 valence electrons. The second-order valence-corrected chi connectivity index (χ2v) is 4.68. The van der Waals surface area contributed by atoms with Crippen molar-refractivity contribution < 1.29 is 24.6 Å². The van der Waals surface area contributed by atoms with Crippen molar-refractivity contribution in [1.29, 1.82) is 0 Å². The topological polar surface area (TPSA) is 130 Å². The molecule has 0 aromatic rings. The molecule has 0 heterocycles. The highest BCUT2D eigenvalue weighted by molar-refractivity contribution is 8.02. The number of carboxylic acid groups (broad SMARTS) is 2. The van der Waals surface area contributed by atoms with Crippen molar-refractivity contribution in [2.24, 2.45) is 5.73 Å². The SMILES string of the molecule is C/C=C\SC[C@H](NC(=O)CCC(N)C(=O)O)C(=O)O. The number of allylic oxidation sites excluding steroid dienone is 1. The van der Waals surface area contributed by atoms with Crippen molar-refractivity contribution in [2.45, 2.75) is 31.8 Å². The summed E-state index contributed by atoms with van der Waals surface area (Å²) >= 11 is 1.27. The molecular formula is C11H18N2O5S. The number of carbonyl (C=O) groups is 3. The van der Waals surface area contributed by atoms with Crippen molar-refractivity contribution in [3.05, 3.63) is 11.5 Å². The Morgan fingerprint density at radius 2 is 1.95 bits per heavy atom. The standard InChI is InChI=1S/C11H18N2O5S/c1-2-5-19-6-8(11(17)18)13-9(14)4-3-7(12)10(15)16/h2,5,7-8H,3-4,6,12H2,1H3,(H,13,14)(H,15,16)(H,17,18)/b5-2-/t7?,8-/m0/s1. The van der Waals surface area contributed by atoms with Gasteiger partial charge in [0, 0.05) is 12.2 Å². The van der Waals surface area contributed by atoms with Gasteiger partial charge in [-0.15, -0.1) is 11.8 Å². The van der Waals surface area contributed by atoms with Crippen LogP contribution in [0.1, 0.15) is 19.8 Å². The smallest absolute Gasteiger partial charge is 0.327 e. The van der Waals surface area contributed by atoms with Crippen LogP contribution in [0.15, 0.2) is 11.5 Å². The Morgan fingerprint density at radius 1 is 1.32 bits per heavy atom. The minimum atomic E-state index is -1.19. The van der Waals surface area contributed by atoms with E-state index in [0.717, 1.165) is 0 Å². The number of nitrogens with one attached hydrogen (secondary N) is 1. The van der Waals surface area contributed by atoms with Gasteiger partial charge in [0.15, 0.2) is 0 Å². The van der Waals surface area contributed by atoms with Gasteiger partial charge in [-0.05, 0) is 18.8 Å². The first kappa shape index (κ1) is 17.5. The second kappa shape index (κ2) is 9.40. The first-order valence-corrected chi connectivity index (χ1v) is 6.66. The molecule has 0 aromatic heterocycles. The van der Waals surface area contributed by atoms with Crippen LogP contribution in [0.4, 0.5) is 0 Å². The molecule has 1 amide bonds. The number of hydrogen-bond donors (Lipinski definition) is 4. The molecule has 0 aliphatic rings. The van der Waals surface area contributed by atoms with E-state index >= 15 is 0 Å². The zero-order valence-electron chi connectivity index (χ0n) is 10.5. The number of hydrogen-bond acceptors (Lipinski definition) is 5. The summed E-state index contributed by atoms with van der Waals surface area (Å²) in [5, 5.41) is 21.5. The Morgan fingerprint density at radius 3 is 2.42 bits per heavy atom. The number of nitrogens with two attached hydrogens (primary N) is 1. The van der Waals surface area contributed by atoms with Gasteiger partial charge in [0.1, 0.15) is 12.1 Å². The van der Waals surface area contributed by atoms with Crippen LogP contribution in [0.3, 0.4) is 0 Å². The molecule has 0 aliphatic heterocycles. The maximum absolute atomic E-state index is 11.5. The maximum Gasteiger partial charge on any atom is 0.327 e. The molecule has 7 nitrogen and oxygen atoms in total. The molecule has 0 rings (SSSR count). The zero-order chi connectivity index (χ0) is 14.8. The van der Waals surface area contributed by atoms with E-state index in [1.54, 1.807) is 18.4 Å². The van der Waals surface area contributed by atoms with Crippen LogP contribution in [0.2, 0.25) is 0 Å². The lowest BCUT2D eigenvalue weighted by molar-refractivity contribution is -0.141. The molecule has 5 N–H and O–H groups in total. The van der Waals surface area contributed by atoms with Gasteiger partial charge in [0.05, 0.1) is 0 Å². The van der Waals surface area contributed by atoms with Crippen LogP contribution in [0.5, 0.6) is 0 Å². The van der Waals surface area contributed by atoms with Crippen LogP contribution in [0.25, 0.3) is 0 Å². The van der Waals surface area contributed by atoms with Crippen LogP contribution in [-0.4, -0.2) is 45.9 Å². The van der Waals surface area contributed by atoms with Crippen LogP contribution < -0.4 is 11.1 Å². The Labute approximate surface area is 115 Å². The van der Waals surface area contributed by atoms with E-state index in [-0.39, 0.29) is 18.6 Å². The Kier molecular flexibility index (Phi) is 8.64. The van der Waals surface area contributed by atoms with Crippen LogP contribution >= 0.6 is 11.8 Å². The number of carbonyl (C=O) groups excluding carboxylic acids is 1. The van der Waals surface area contributed by atoms with Gasteiger partial charge in [-0.25, -0.2) is 4.79 Å². The van der Waals surface area contributed by atoms with Crippen LogP contribution in [0, 0.1) is 0 Å². The zero-order valence-corrected chi connectivity index (χ0v) is 11.4. The van der Waals surface area contributed by atoms with Gasteiger partial charge >= 0.3 is 11.9 Å². The van der Waals surface area contributed by atoms with Crippen LogP contribution in [-0.2, 0) is 14.4 Å². The quantitative estimate of drug-likeness (QED) is 0.470. The van der Waals surface area contributed by atoms with Crippen molar-refractivity contribution in [2.75, 3.05) is 5.75 Å². The summed E-state index contributed by atoms with van der Waals surface area (Å²) in [5.41, 5.74) is 5.24. The summed E-state index contributed by atoms with van der Waals surface area (Å²) < 4.78 is 0. The lowest BCUT2D eigenvalue weighted by Gasteiger charge is -2.13. The molecule has 19 heavy (non-hydrogen) atoms. The van der Waals surface area contributed by atoms with Gasteiger partial charge in [-0.1, -0.05) is 6.08 Å². The molecular weight excluding hydrogens is 272 g/mol. The number of thioether (sulfide) groups is 1. The third-order valence-electron chi connectivity index (χ3n) is 2.13. The molecule has 0 radical (unpaired) electrons. The molecule has 0 aromatic carbocycles. The fourth-order valence-electron chi connectivity index (χ4n) is 1.10.